The summed E-state index contributed by atoms with van der Waals surface area (Å²) in [5.41, 5.74) is 2.98. The average molecular weight is 320 g/mol. The molecule has 0 heterocycles. The van der Waals surface area contributed by atoms with Crippen molar-refractivity contribution in [3.05, 3.63) is 34.6 Å². The molecule has 0 fully saturated rings. The standard InChI is InChI=1S/C19H29FN2O/c1-7-13(3)12-22(6)17-11-15(8-2)16(19(20)14(17)4)9-10-18(23)21-5/h9-11,13H,7-8,12H2,1-6H3,(H,21,23)/b10-9+/t13-/m1/s1. The Balaban J connectivity index is 3.26. The van der Waals surface area contributed by atoms with Crippen LogP contribution in [0.5, 0.6) is 0 Å². The zero-order valence-corrected chi connectivity index (χ0v) is 15.2. The van der Waals surface area contributed by atoms with E-state index in [1.807, 2.05) is 20.0 Å². The van der Waals surface area contributed by atoms with Crippen LogP contribution in [0.15, 0.2) is 12.1 Å². The summed E-state index contributed by atoms with van der Waals surface area (Å²) in [6.45, 7) is 9.06. The van der Waals surface area contributed by atoms with Gasteiger partial charge in [0.25, 0.3) is 0 Å². The molecule has 128 valence electrons. The van der Waals surface area contributed by atoms with Crippen molar-refractivity contribution >= 4 is 17.7 Å². The molecule has 23 heavy (non-hydrogen) atoms. The van der Waals surface area contributed by atoms with Gasteiger partial charge in [0.15, 0.2) is 0 Å². The van der Waals surface area contributed by atoms with Crippen molar-refractivity contribution in [3.8, 4) is 0 Å². The normalized spacial score (nSPS) is 12.5. The van der Waals surface area contributed by atoms with E-state index in [0.29, 0.717) is 17.0 Å². The van der Waals surface area contributed by atoms with Crippen LogP contribution < -0.4 is 10.2 Å². The lowest BCUT2D eigenvalue weighted by Gasteiger charge is -2.26. The van der Waals surface area contributed by atoms with Crippen LogP contribution in [-0.4, -0.2) is 26.5 Å². The van der Waals surface area contributed by atoms with Crippen LogP contribution in [-0.2, 0) is 11.2 Å². The minimum Gasteiger partial charge on any atom is -0.374 e. The summed E-state index contributed by atoms with van der Waals surface area (Å²) in [7, 11) is 3.56. The van der Waals surface area contributed by atoms with Gasteiger partial charge in [-0.1, -0.05) is 27.2 Å². The third kappa shape index (κ3) is 4.81. The van der Waals surface area contributed by atoms with Crippen LogP contribution in [0.25, 0.3) is 6.08 Å². The fourth-order valence-corrected chi connectivity index (χ4v) is 2.61. The minimum atomic E-state index is -0.240. The number of carbonyl (C=O) groups excluding carboxylic acids is 1. The maximum Gasteiger partial charge on any atom is 0.243 e. The first kappa shape index (κ1) is 19.2. The second-order valence-corrected chi connectivity index (χ2v) is 6.10. The number of aryl methyl sites for hydroxylation is 1. The highest BCUT2D eigenvalue weighted by Crippen LogP contribution is 2.29. The first-order valence-electron chi connectivity index (χ1n) is 8.28. The first-order chi connectivity index (χ1) is 10.8. The molecule has 0 saturated carbocycles. The van der Waals surface area contributed by atoms with E-state index in [9.17, 15) is 9.18 Å². The smallest absolute Gasteiger partial charge is 0.243 e. The molecule has 0 aromatic heterocycles. The van der Waals surface area contributed by atoms with E-state index in [0.717, 1.165) is 30.6 Å². The molecule has 1 aromatic rings. The number of carbonyl (C=O) groups is 1. The maximum absolute atomic E-state index is 14.8. The van der Waals surface area contributed by atoms with Crippen molar-refractivity contribution in [1.29, 1.82) is 0 Å². The number of benzene rings is 1. The number of nitrogens with one attached hydrogen (secondary N) is 1. The highest BCUT2D eigenvalue weighted by Gasteiger charge is 2.16. The van der Waals surface area contributed by atoms with Crippen molar-refractivity contribution in [2.45, 2.75) is 40.5 Å². The molecule has 0 spiro atoms. The fourth-order valence-electron chi connectivity index (χ4n) is 2.61. The summed E-state index contributed by atoms with van der Waals surface area (Å²) in [5, 5.41) is 2.51. The molecule has 0 aliphatic carbocycles. The number of halogens is 1. The lowest BCUT2D eigenvalue weighted by molar-refractivity contribution is -0.115. The highest BCUT2D eigenvalue weighted by molar-refractivity contribution is 5.91. The summed E-state index contributed by atoms with van der Waals surface area (Å²) in [6.07, 6.45) is 4.76. The zero-order valence-electron chi connectivity index (χ0n) is 15.2. The Morgan fingerprint density at radius 1 is 1.43 bits per heavy atom. The summed E-state index contributed by atoms with van der Waals surface area (Å²) < 4.78 is 14.8. The third-order valence-electron chi connectivity index (χ3n) is 4.33. The van der Waals surface area contributed by atoms with E-state index in [2.05, 4.69) is 24.1 Å². The quantitative estimate of drug-likeness (QED) is 0.772. The SMILES string of the molecule is CCc1cc(N(C)C[C@H](C)CC)c(C)c(F)c1/C=C/C(=O)NC. The van der Waals surface area contributed by atoms with Gasteiger partial charge in [-0.05, 0) is 37.0 Å². The van der Waals surface area contributed by atoms with Crippen molar-refractivity contribution in [2.75, 3.05) is 25.5 Å². The van der Waals surface area contributed by atoms with Gasteiger partial charge in [0, 0.05) is 43.5 Å². The maximum atomic E-state index is 14.8. The van der Waals surface area contributed by atoms with Gasteiger partial charge in [-0.15, -0.1) is 0 Å². The number of likely N-dealkylation sites (N-methyl/N-ethyl adjacent to an activating group) is 1. The van der Waals surface area contributed by atoms with E-state index >= 15 is 0 Å². The Kier molecular flexibility index (Phi) is 7.27. The zero-order chi connectivity index (χ0) is 17.6. The van der Waals surface area contributed by atoms with Crippen molar-refractivity contribution < 1.29 is 9.18 Å². The van der Waals surface area contributed by atoms with Crippen LogP contribution in [0.1, 0.15) is 43.9 Å². The average Bonchev–Trinajstić information content (AvgIpc) is 2.55. The fraction of sp³-hybridized carbons (Fsp3) is 0.526. The molecule has 0 aliphatic rings. The van der Waals surface area contributed by atoms with Crippen molar-refractivity contribution in [2.24, 2.45) is 5.92 Å². The number of nitrogens with zero attached hydrogens (tertiary/aromatic N) is 1. The third-order valence-corrected chi connectivity index (χ3v) is 4.33. The highest BCUT2D eigenvalue weighted by atomic mass is 19.1. The van der Waals surface area contributed by atoms with Gasteiger partial charge in [0.1, 0.15) is 5.82 Å². The van der Waals surface area contributed by atoms with Crippen LogP contribution in [0.2, 0.25) is 0 Å². The Labute approximate surface area is 139 Å². The monoisotopic (exact) mass is 320 g/mol. The molecule has 1 amide bonds. The molecule has 0 bridgehead atoms. The lowest BCUT2D eigenvalue weighted by Crippen LogP contribution is -2.25. The molecule has 0 radical (unpaired) electrons. The minimum absolute atomic E-state index is 0.234. The number of hydrogen-bond acceptors (Lipinski definition) is 2. The molecule has 0 aliphatic heterocycles. The van der Waals surface area contributed by atoms with Gasteiger partial charge >= 0.3 is 0 Å². The Morgan fingerprint density at radius 2 is 2.09 bits per heavy atom. The van der Waals surface area contributed by atoms with E-state index in [4.69, 9.17) is 0 Å². The van der Waals surface area contributed by atoms with Gasteiger partial charge in [-0.25, -0.2) is 4.39 Å². The molecule has 1 N–H and O–H groups in total. The van der Waals surface area contributed by atoms with E-state index < -0.39 is 0 Å². The number of amides is 1. The predicted octanol–water partition coefficient (Wildman–Crippen LogP) is 3.94. The number of anilines is 1. The Morgan fingerprint density at radius 3 is 2.61 bits per heavy atom. The molecule has 1 aromatic carbocycles. The number of hydrogen-bond donors (Lipinski definition) is 1. The summed E-state index contributed by atoms with van der Waals surface area (Å²) in [4.78, 5) is 13.5. The molecule has 0 saturated heterocycles. The van der Waals surface area contributed by atoms with E-state index in [1.165, 1.54) is 6.08 Å². The van der Waals surface area contributed by atoms with Crippen LogP contribution in [0, 0.1) is 18.7 Å². The van der Waals surface area contributed by atoms with Crippen LogP contribution in [0.4, 0.5) is 10.1 Å². The summed E-state index contributed by atoms with van der Waals surface area (Å²) >= 11 is 0. The Hall–Kier alpha value is -1.84. The van der Waals surface area contributed by atoms with Crippen molar-refractivity contribution in [3.63, 3.8) is 0 Å². The molecule has 1 rings (SSSR count). The first-order valence-corrected chi connectivity index (χ1v) is 8.28. The molecule has 4 heteroatoms. The van der Waals surface area contributed by atoms with Gasteiger partial charge in [-0.2, -0.15) is 0 Å². The van der Waals surface area contributed by atoms with Gasteiger partial charge < -0.3 is 10.2 Å². The topological polar surface area (TPSA) is 32.3 Å². The molecule has 0 unspecified atom stereocenters. The summed E-state index contributed by atoms with van der Waals surface area (Å²) in [5.74, 6) is 0.0814. The molecular weight excluding hydrogens is 291 g/mol. The lowest BCUT2D eigenvalue weighted by atomic mass is 9.98. The van der Waals surface area contributed by atoms with Gasteiger partial charge in [0.2, 0.25) is 5.91 Å². The Bertz CT molecular complexity index is 581. The second kappa shape index (κ2) is 8.70. The number of rotatable bonds is 7. The van der Waals surface area contributed by atoms with Gasteiger partial charge in [-0.3, -0.25) is 4.79 Å². The van der Waals surface area contributed by atoms with Gasteiger partial charge in [0.05, 0.1) is 0 Å². The van der Waals surface area contributed by atoms with E-state index in [1.54, 1.807) is 20.0 Å². The van der Waals surface area contributed by atoms with Crippen molar-refractivity contribution in [1.82, 2.24) is 5.32 Å². The molecular formula is C19H29FN2O. The second-order valence-electron chi connectivity index (χ2n) is 6.10. The van der Waals surface area contributed by atoms with E-state index in [-0.39, 0.29) is 11.7 Å². The molecule has 1 atom stereocenters. The van der Waals surface area contributed by atoms with Crippen LogP contribution in [0.3, 0.4) is 0 Å². The van der Waals surface area contributed by atoms with Crippen LogP contribution >= 0.6 is 0 Å². The summed E-state index contributed by atoms with van der Waals surface area (Å²) in [6, 6.07) is 2.05. The largest absolute Gasteiger partial charge is 0.374 e. The predicted molar refractivity (Wildman–Crippen MR) is 96.3 cm³/mol. The molecule has 3 nitrogen and oxygen atoms in total.